The third kappa shape index (κ3) is 15.4. The number of aromatic nitrogens is 2. The Morgan fingerprint density at radius 2 is 0.843 bits per heavy atom. The lowest BCUT2D eigenvalue weighted by Crippen LogP contribution is -2.41. The van der Waals surface area contributed by atoms with Gasteiger partial charge in [-0.05, 0) is 230 Å². The summed E-state index contributed by atoms with van der Waals surface area (Å²) in [5.41, 5.74) is 11.2. The number of ether oxygens (including phenoxy) is 4. The summed E-state index contributed by atoms with van der Waals surface area (Å²) in [7, 11) is 1.25. The van der Waals surface area contributed by atoms with Crippen LogP contribution in [0.25, 0.3) is 67.4 Å². The Kier molecular flexibility index (Phi) is 21.9. The molecule has 6 aromatic carbocycles. The monoisotopic (exact) mass is 1470 g/mol. The fourth-order valence-corrected chi connectivity index (χ4v) is 13.9. The maximum absolute atomic E-state index is 13.5. The largest absolute Gasteiger partial charge is 0.495 e. The van der Waals surface area contributed by atoms with Gasteiger partial charge in [0.15, 0.2) is 11.2 Å². The smallest absolute Gasteiger partial charge is 0.468 e. The molecule has 5 fully saturated rings. The number of likely N-dealkylation sites (tertiary alicyclic amines) is 2. The number of hydrogen-bond acceptors (Lipinski definition) is 18. The van der Waals surface area contributed by atoms with E-state index in [9.17, 15) is 27.2 Å². The van der Waals surface area contributed by atoms with Crippen LogP contribution in [0.2, 0.25) is 0 Å². The number of alkyl halides is 4. The molecule has 0 aliphatic carbocycles. The van der Waals surface area contributed by atoms with Gasteiger partial charge in [-0.2, -0.15) is 17.6 Å². The van der Waals surface area contributed by atoms with Crippen LogP contribution in [0.3, 0.4) is 0 Å². The number of fused-ring (bicyclic) bond motifs is 2. The molecule has 542 valence electrons. The Hall–Kier alpha value is -7.13. The van der Waals surface area contributed by atoms with Crippen LogP contribution in [0.1, 0.15) is 142 Å². The summed E-state index contributed by atoms with van der Waals surface area (Å²) in [5, 5.41) is 0. The maximum Gasteiger partial charge on any atom is 0.495 e. The molecule has 18 nitrogen and oxygen atoms in total. The van der Waals surface area contributed by atoms with Gasteiger partial charge in [0.25, 0.3) is 0 Å². The van der Waals surface area contributed by atoms with Gasteiger partial charge in [0.05, 0.1) is 47.8 Å². The van der Waals surface area contributed by atoms with Crippen LogP contribution in [-0.2, 0) is 60.1 Å². The Labute approximate surface area is 603 Å². The van der Waals surface area contributed by atoms with Crippen LogP contribution in [0.5, 0.6) is 11.5 Å². The molecule has 0 bridgehead atoms. The van der Waals surface area contributed by atoms with Crippen molar-refractivity contribution in [2.75, 3.05) is 27.3 Å². The molecule has 26 heteroatoms. The second-order valence-electron chi connectivity index (χ2n) is 29.7. The Morgan fingerprint density at radius 3 is 1.23 bits per heavy atom. The second-order valence-corrected chi connectivity index (χ2v) is 30.5. The number of carbonyl (C=O) groups excluding carboxylic acids is 2. The number of oxazole rings is 2. The van der Waals surface area contributed by atoms with Crippen molar-refractivity contribution in [1.29, 1.82) is 0 Å². The highest BCUT2D eigenvalue weighted by Crippen LogP contribution is 2.45. The summed E-state index contributed by atoms with van der Waals surface area (Å²) in [6.07, 6.45) is 2.91. The van der Waals surface area contributed by atoms with E-state index in [0.717, 1.165) is 78.4 Å². The molecule has 0 saturated carbocycles. The Bertz CT molecular complexity index is 4350. The van der Waals surface area contributed by atoms with Crippen molar-refractivity contribution in [2.45, 2.75) is 208 Å². The van der Waals surface area contributed by atoms with E-state index in [1.807, 2.05) is 155 Å². The zero-order valence-electron chi connectivity index (χ0n) is 61.3. The number of methoxy groups -OCH3 is 2. The molecule has 5 saturated heterocycles. The molecule has 2 aromatic heterocycles. The first-order valence-corrected chi connectivity index (χ1v) is 35.3. The van der Waals surface area contributed by atoms with Crippen LogP contribution < -0.4 is 14.9 Å². The third-order valence-corrected chi connectivity index (χ3v) is 22.5. The fraction of sp³-hybridized carbons (Fsp3) is 0.474. The highest BCUT2D eigenvalue weighted by atomic mass is 79.9. The second kappa shape index (κ2) is 29.4. The molecular formula is C76H90B3BrF4N4O14. The van der Waals surface area contributed by atoms with Crippen molar-refractivity contribution in [3.05, 3.63) is 135 Å². The number of benzene rings is 6. The summed E-state index contributed by atoms with van der Waals surface area (Å²) in [5.74, 6) is 0.0660. The normalized spacial score (nSPS) is 20.3. The van der Waals surface area contributed by atoms with Gasteiger partial charge in [-0.25, -0.2) is 9.97 Å². The van der Waals surface area contributed by atoms with Crippen molar-refractivity contribution >= 4 is 76.7 Å². The van der Waals surface area contributed by atoms with Crippen LogP contribution >= 0.6 is 15.9 Å². The van der Waals surface area contributed by atoms with Crippen LogP contribution in [-0.4, -0.2) is 139 Å². The van der Waals surface area contributed by atoms with Crippen LogP contribution in [0.4, 0.5) is 17.6 Å². The van der Waals surface area contributed by atoms with E-state index in [0.29, 0.717) is 71.0 Å². The summed E-state index contributed by atoms with van der Waals surface area (Å²) in [4.78, 5) is 37.8. The lowest BCUT2D eigenvalue weighted by molar-refractivity contribution is -0.146. The molecule has 2 atom stereocenters. The molecule has 0 unspecified atom stereocenters. The molecule has 0 radical (unpaired) electrons. The molecule has 0 N–H and O–H groups in total. The maximum atomic E-state index is 13.5. The highest BCUT2D eigenvalue weighted by molar-refractivity contribution is 9.10. The van der Waals surface area contributed by atoms with Gasteiger partial charge in [0.1, 0.15) is 34.6 Å². The molecule has 0 amide bonds. The van der Waals surface area contributed by atoms with Gasteiger partial charge in [0.2, 0.25) is 11.8 Å². The van der Waals surface area contributed by atoms with E-state index >= 15 is 0 Å². The number of hydrogen-bond donors (Lipinski definition) is 0. The van der Waals surface area contributed by atoms with Crippen molar-refractivity contribution in [1.82, 2.24) is 19.8 Å². The molecule has 5 aliphatic rings. The summed E-state index contributed by atoms with van der Waals surface area (Å²) in [6, 6.07) is 29.5. The van der Waals surface area contributed by atoms with Gasteiger partial charge in [-0.15, -0.1) is 0 Å². The SMILES string of the molecule is CC1(C)OB(B2OC(C)(C)C(C)(C)O2)OC1(C)C.COC(=O)[C@@H]1CCCN1Cc1cc2nc(-c3cccc(-c4cccc(B5OC(C)(C)C(C)(C)O5)c4C)c3C)oc2cc1OC(F)F.COC(=O)[C@@H]1CCCN1Cc1cc2nc(-c3cccc(-c4cccc(Br)c4C)c3C)oc2cc1OC(F)F. The third-order valence-electron chi connectivity index (χ3n) is 21.6. The summed E-state index contributed by atoms with van der Waals surface area (Å²) >= 11 is 3.61. The molecule has 8 aromatic rings. The van der Waals surface area contributed by atoms with Gasteiger partial charge in [-0.3, -0.25) is 19.4 Å². The van der Waals surface area contributed by atoms with Crippen LogP contribution in [0.15, 0.2) is 110 Å². The Morgan fingerprint density at radius 1 is 0.500 bits per heavy atom. The van der Waals surface area contributed by atoms with Crippen molar-refractivity contribution < 1.29 is 82.9 Å². The molecule has 13 rings (SSSR count). The Balaban J connectivity index is 0.000000167. The molecule has 5 aliphatic heterocycles. The van der Waals surface area contributed by atoms with E-state index in [4.69, 9.17) is 65.7 Å². The first kappa shape index (κ1) is 76.0. The lowest BCUT2D eigenvalue weighted by Gasteiger charge is -2.32. The van der Waals surface area contributed by atoms with E-state index < -0.39 is 57.6 Å². The minimum Gasteiger partial charge on any atom is -0.468 e. The first-order valence-electron chi connectivity index (χ1n) is 34.5. The summed E-state index contributed by atoms with van der Waals surface area (Å²) < 4.78 is 123. The number of nitrogens with zero attached hydrogens (tertiary/aromatic N) is 4. The van der Waals surface area contributed by atoms with Crippen LogP contribution in [0, 0.1) is 27.7 Å². The standard InChI is InChI=1S/C35H39BF2N2O6.C29H27BrF2N2O4.C12H24B2O4/c1-20-23(24-12-9-14-26(21(24)2)36-45-34(3,4)35(5,6)46-36)11-8-13-25(20)31-39-27-17-22(29(44-33(37)38)18-30(27)43-31)19-40-16-10-15-28(40)32(41)42-7;1-16-19(20-8-5-10-22(30)17(20)2)7-4-9-21(16)27-33-23-13-18(25(38-29(31)32)14-26(23)37-27)15-34-12-6-11-24(34)28(35)36-3;1-9(2)10(3,4)16-13(15-9)14-17-11(5,6)12(7,8)18-14/h8-9,11-14,17-18,28,33H,10,15-16,19H2,1-7H3;4-5,7-10,13-14,24,29H,6,11-12,15H2,1-3H3;1-8H3/t28-;24-;/m00./s1. The molecule has 7 heterocycles. The number of rotatable bonds is 16. The molecule has 0 spiro atoms. The van der Waals surface area contributed by atoms with E-state index in [2.05, 4.69) is 54.0 Å². The van der Waals surface area contributed by atoms with Gasteiger partial charge < -0.3 is 55.7 Å². The fourth-order valence-electron chi connectivity index (χ4n) is 13.5. The van der Waals surface area contributed by atoms with Crippen molar-refractivity contribution in [3.63, 3.8) is 0 Å². The zero-order chi connectivity index (χ0) is 73.9. The van der Waals surface area contributed by atoms with E-state index in [1.54, 1.807) is 12.1 Å². The number of esters is 2. The average Bonchev–Trinajstić information content (AvgIpc) is 1.88. The zero-order valence-corrected chi connectivity index (χ0v) is 62.9. The highest BCUT2D eigenvalue weighted by Gasteiger charge is 2.64. The van der Waals surface area contributed by atoms with Gasteiger partial charge >= 0.3 is 46.3 Å². The lowest BCUT2D eigenvalue weighted by atomic mass is 9.49. The van der Waals surface area contributed by atoms with Gasteiger partial charge in [0, 0.05) is 51.9 Å². The topological polar surface area (TPSA) is 185 Å². The summed E-state index contributed by atoms with van der Waals surface area (Å²) in [6.45, 7) is 28.2. The minimum atomic E-state index is -3.02. The molecular weight excluding hydrogens is 1380 g/mol. The quantitative estimate of drug-likeness (QED) is 0.0505. The van der Waals surface area contributed by atoms with E-state index in [-0.39, 0.29) is 58.9 Å². The predicted octanol–water partition coefficient (Wildman–Crippen LogP) is 16.3. The first-order chi connectivity index (χ1) is 47.9. The minimum absolute atomic E-state index is 0.000879. The van der Waals surface area contributed by atoms with Crippen molar-refractivity contribution in [2.24, 2.45) is 0 Å². The average molecular weight is 1470 g/mol. The van der Waals surface area contributed by atoms with E-state index in [1.165, 1.54) is 26.4 Å². The number of halogens is 5. The predicted molar refractivity (Wildman–Crippen MR) is 388 cm³/mol. The van der Waals surface area contributed by atoms with Crippen molar-refractivity contribution in [3.8, 4) is 56.7 Å². The van der Waals surface area contributed by atoms with Gasteiger partial charge in [-0.1, -0.05) is 70.5 Å². The molecule has 102 heavy (non-hydrogen) atoms. The number of carbonyl (C=O) groups is 2.